The van der Waals surface area contributed by atoms with Gasteiger partial charge in [0.15, 0.2) is 0 Å². The molecule has 0 heterocycles. The fourth-order valence-electron chi connectivity index (χ4n) is 3.24. The molecule has 26 heavy (non-hydrogen) atoms. The number of carboxylic acid groups (broad SMARTS) is 1. The average Bonchev–Trinajstić information content (AvgIpc) is 2.62. The van der Waals surface area contributed by atoms with Gasteiger partial charge in [-0.15, -0.1) is 0 Å². The highest BCUT2D eigenvalue weighted by atomic mass is 16.4. The number of hydrazine groups is 1. The molecule has 0 fully saturated rings. The van der Waals surface area contributed by atoms with Gasteiger partial charge >= 0.3 is 5.97 Å². The predicted octanol–water partition coefficient (Wildman–Crippen LogP) is 2.65. The summed E-state index contributed by atoms with van der Waals surface area (Å²) in [6.45, 7) is 6.88. The molecule has 2 aromatic rings. The topological polar surface area (TPSA) is 119 Å². The Morgan fingerprint density at radius 1 is 1.23 bits per heavy atom. The average molecular weight is 356 g/mol. The van der Waals surface area contributed by atoms with Crippen LogP contribution in [0.15, 0.2) is 30.3 Å². The van der Waals surface area contributed by atoms with Crippen LogP contribution in [-0.4, -0.2) is 17.6 Å². The Labute approximate surface area is 154 Å². The number of aliphatic carboxylic acids is 1. The van der Waals surface area contributed by atoms with E-state index in [-0.39, 0.29) is 12.3 Å². The normalized spacial score (nSPS) is 12.0. The van der Waals surface area contributed by atoms with Gasteiger partial charge in [-0.25, -0.2) is 5.84 Å². The number of aryl methyl sites for hydroxylation is 1. The van der Waals surface area contributed by atoms with Gasteiger partial charge in [0.1, 0.15) is 0 Å². The number of nitrogens with two attached hydrogens (primary N) is 3. The maximum absolute atomic E-state index is 11.5. The van der Waals surface area contributed by atoms with Crippen molar-refractivity contribution in [2.45, 2.75) is 39.7 Å². The highest BCUT2D eigenvalue weighted by Crippen LogP contribution is 2.36. The molecule has 0 aromatic heterocycles. The van der Waals surface area contributed by atoms with Gasteiger partial charge in [-0.3, -0.25) is 4.79 Å². The standard InChI is InChI=1S/C20H28N4O2/c1-4-24(23)18-8-7-16(13(3)20(18)22)17(10-19(25)26)14-6-5-12(2)15(9-14)11-21/h5-9,17H,4,10-11,21-23H2,1-3H3,(H,25,26). The van der Waals surface area contributed by atoms with Crippen molar-refractivity contribution >= 4 is 17.3 Å². The number of hydrogen-bond donors (Lipinski definition) is 4. The summed E-state index contributed by atoms with van der Waals surface area (Å²) in [5.74, 6) is 4.82. The molecule has 0 aliphatic rings. The lowest BCUT2D eigenvalue weighted by molar-refractivity contribution is -0.137. The van der Waals surface area contributed by atoms with E-state index < -0.39 is 5.97 Å². The number of carbonyl (C=O) groups is 1. The van der Waals surface area contributed by atoms with Crippen LogP contribution < -0.4 is 22.3 Å². The van der Waals surface area contributed by atoms with Gasteiger partial charge in [-0.05, 0) is 54.7 Å². The van der Waals surface area contributed by atoms with E-state index in [2.05, 4.69) is 0 Å². The smallest absolute Gasteiger partial charge is 0.304 e. The number of anilines is 2. The molecule has 0 saturated heterocycles. The van der Waals surface area contributed by atoms with Crippen molar-refractivity contribution in [3.63, 3.8) is 0 Å². The Morgan fingerprint density at radius 3 is 2.50 bits per heavy atom. The highest BCUT2D eigenvalue weighted by Gasteiger charge is 2.22. The Bertz CT molecular complexity index is 805. The number of nitrogen functional groups attached to an aromatic ring is 1. The van der Waals surface area contributed by atoms with Crippen molar-refractivity contribution in [3.8, 4) is 0 Å². The molecule has 2 aromatic carbocycles. The zero-order valence-electron chi connectivity index (χ0n) is 15.6. The first kappa shape index (κ1) is 19.8. The molecule has 6 heteroatoms. The van der Waals surface area contributed by atoms with Gasteiger partial charge in [-0.1, -0.05) is 24.3 Å². The first-order chi connectivity index (χ1) is 12.3. The highest BCUT2D eigenvalue weighted by molar-refractivity contribution is 5.74. The molecule has 0 saturated carbocycles. The summed E-state index contributed by atoms with van der Waals surface area (Å²) < 4.78 is 0. The second kappa shape index (κ2) is 8.21. The molecule has 140 valence electrons. The molecular weight excluding hydrogens is 328 g/mol. The van der Waals surface area contributed by atoms with Crippen LogP contribution in [0.2, 0.25) is 0 Å². The number of rotatable bonds is 7. The van der Waals surface area contributed by atoms with Crippen LogP contribution in [0.5, 0.6) is 0 Å². The molecule has 0 bridgehead atoms. The minimum absolute atomic E-state index is 0.0210. The summed E-state index contributed by atoms with van der Waals surface area (Å²) >= 11 is 0. The molecule has 0 aliphatic carbocycles. The minimum atomic E-state index is -0.860. The molecule has 0 amide bonds. The summed E-state index contributed by atoms with van der Waals surface area (Å²) in [4.78, 5) is 11.5. The molecule has 0 radical (unpaired) electrons. The third kappa shape index (κ3) is 3.98. The number of benzene rings is 2. The number of carboxylic acids is 1. The van der Waals surface area contributed by atoms with Gasteiger partial charge in [0.2, 0.25) is 0 Å². The fraction of sp³-hybridized carbons (Fsp3) is 0.350. The van der Waals surface area contributed by atoms with E-state index in [0.717, 1.165) is 33.5 Å². The van der Waals surface area contributed by atoms with E-state index in [9.17, 15) is 9.90 Å². The van der Waals surface area contributed by atoms with Crippen molar-refractivity contribution in [1.82, 2.24) is 0 Å². The van der Waals surface area contributed by atoms with Crippen LogP contribution in [0.4, 0.5) is 11.4 Å². The van der Waals surface area contributed by atoms with Crippen LogP contribution in [-0.2, 0) is 11.3 Å². The first-order valence-electron chi connectivity index (χ1n) is 8.72. The number of nitrogens with zero attached hydrogens (tertiary/aromatic N) is 1. The van der Waals surface area contributed by atoms with E-state index in [1.54, 1.807) is 5.01 Å². The van der Waals surface area contributed by atoms with E-state index in [1.165, 1.54) is 0 Å². The van der Waals surface area contributed by atoms with Crippen molar-refractivity contribution in [1.29, 1.82) is 0 Å². The second-order valence-electron chi connectivity index (χ2n) is 6.54. The van der Waals surface area contributed by atoms with E-state index in [0.29, 0.717) is 18.8 Å². The molecule has 0 spiro atoms. The lowest BCUT2D eigenvalue weighted by Gasteiger charge is -2.25. The quantitative estimate of drug-likeness (QED) is 0.344. The third-order valence-electron chi connectivity index (χ3n) is 4.93. The van der Waals surface area contributed by atoms with Gasteiger partial charge in [0.25, 0.3) is 0 Å². The minimum Gasteiger partial charge on any atom is -0.481 e. The van der Waals surface area contributed by atoms with Crippen molar-refractivity contribution < 1.29 is 9.90 Å². The summed E-state index contributed by atoms with van der Waals surface area (Å²) in [5.41, 5.74) is 18.2. The molecule has 1 unspecified atom stereocenters. The molecule has 7 N–H and O–H groups in total. The van der Waals surface area contributed by atoms with E-state index >= 15 is 0 Å². The Morgan fingerprint density at radius 2 is 1.92 bits per heavy atom. The summed E-state index contributed by atoms with van der Waals surface area (Å²) in [6.07, 6.45) is -0.0210. The van der Waals surface area contributed by atoms with Crippen LogP contribution >= 0.6 is 0 Å². The summed E-state index contributed by atoms with van der Waals surface area (Å²) in [5, 5.41) is 11.0. The fourth-order valence-corrected chi connectivity index (χ4v) is 3.24. The lowest BCUT2D eigenvalue weighted by Crippen LogP contribution is -2.31. The third-order valence-corrected chi connectivity index (χ3v) is 4.93. The van der Waals surface area contributed by atoms with Crippen molar-refractivity contribution in [3.05, 3.63) is 58.1 Å². The zero-order chi connectivity index (χ0) is 19.4. The molecule has 2 rings (SSSR count). The SMILES string of the molecule is CCN(N)c1ccc(C(CC(=O)O)c2ccc(C)c(CN)c2)c(C)c1N. The molecule has 1 atom stereocenters. The summed E-state index contributed by atoms with van der Waals surface area (Å²) in [7, 11) is 0. The Hall–Kier alpha value is -2.57. The van der Waals surface area contributed by atoms with Crippen LogP contribution in [0.25, 0.3) is 0 Å². The van der Waals surface area contributed by atoms with Gasteiger partial charge in [-0.2, -0.15) is 0 Å². The zero-order valence-corrected chi connectivity index (χ0v) is 15.6. The van der Waals surface area contributed by atoms with Crippen molar-refractivity contribution in [2.24, 2.45) is 11.6 Å². The van der Waals surface area contributed by atoms with Gasteiger partial charge < -0.3 is 21.6 Å². The van der Waals surface area contributed by atoms with Crippen LogP contribution in [0.3, 0.4) is 0 Å². The van der Waals surface area contributed by atoms with Crippen LogP contribution in [0.1, 0.15) is 47.1 Å². The monoisotopic (exact) mass is 356 g/mol. The largest absolute Gasteiger partial charge is 0.481 e. The lowest BCUT2D eigenvalue weighted by atomic mass is 9.84. The Balaban J connectivity index is 2.58. The van der Waals surface area contributed by atoms with Crippen molar-refractivity contribution in [2.75, 3.05) is 17.3 Å². The van der Waals surface area contributed by atoms with Crippen LogP contribution in [0, 0.1) is 13.8 Å². The predicted molar refractivity (Wildman–Crippen MR) is 106 cm³/mol. The summed E-state index contributed by atoms with van der Waals surface area (Å²) in [6, 6.07) is 9.72. The molecule has 6 nitrogen and oxygen atoms in total. The first-order valence-corrected chi connectivity index (χ1v) is 8.72. The van der Waals surface area contributed by atoms with Gasteiger partial charge in [0.05, 0.1) is 17.8 Å². The Kier molecular flexibility index (Phi) is 6.23. The second-order valence-corrected chi connectivity index (χ2v) is 6.54. The van der Waals surface area contributed by atoms with E-state index in [1.807, 2.05) is 51.1 Å². The maximum Gasteiger partial charge on any atom is 0.304 e. The maximum atomic E-state index is 11.5. The van der Waals surface area contributed by atoms with Gasteiger partial charge in [0, 0.05) is 19.0 Å². The number of hydrogen-bond acceptors (Lipinski definition) is 5. The molecular formula is C20H28N4O2. The van der Waals surface area contributed by atoms with E-state index in [4.69, 9.17) is 17.3 Å². The molecule has 0 aliphatic heterocycles.